The van der Waals surface area contributed by atoms with Gasteiger partial charge in [0.25, 0.3) is 11.8 Å². The van der Waals surface area contributed by atoms with Crippen LogP contribution in [0.4, 0.5) is 0 Å². The van der Waals surface area contributed by atoms with Crippen LogP contribution in [0.15, 0.2) is 109 Å². The van der Waals surface area contributed by atoms with Crippen molar-refractivity contribution in [3.05, 3.63) is 130 Å². The molecule has 0 aliphatic carbocycles. The van der Waals surface area contributed by atoms with E-state index in [1.807, 2.05) is 91.0 Å². The van der Waals surface area contributed by atoms with Gasteiger partial charge in [-0.3, -0.25) is 9.59 Å². The zero-order valence-electron chi connectivity index (χ0n) is 19.5. The number of hydrogen-bond donors (Lipinski definition) is 2. The first-order valence-electron chi connectivity index (χ1n) is 11.5. The van der Waals surface area contributed by atoms with Gasteiger partial charge in [0.15, 0.2) is 6.61 Å². The summed E-state index contributed by atoms with van der Waals surface area (Å²) in [6.07, 6.45) is 0.245. The van der Waals surface area contributed by atoms with Gasteiger partial charge in [-0.2, -0.15) is 0 Å². The molecule has 2 amide bonds. The van der Waals surface area contributed by atoms with Crippen molar-refractivity contribution < 1.29 is 19.1 Å². The van der Waals surface area contributed by atoms with E-state index in [0.717, 1.165) is 16.7 Å². The fraction of sp³-hybridized carbons (Fsp3) is 0.138. The Morgan fingerprint density at radius 1 is 0.722 bits per heavy atom. The summed E-state index contributed by atoms with van der Waals surface area (Å²) in [6, 6.07) is 30.6. The number of hydrogen-bond acceptors (Lipinski definition) is 5. The van der Waals surface area contributed by atoms with Crippen LogP contribution in [0.25, 0.3) is 0 Å². The van der Waals surface area contributed by atoms with E-state index in [0.29, 0.717) is 4.88 Å². The highest BCUT2D eigenvalue weighted by molar-refractivity contribution is 7.12. The van der Waals surface area contributed by atoms with Crippen LogP contribution in [0.1, 0.15) is 32.4 Å². The highest BCUT2D eigenvalue weighted by Crippen LogP contribution is 2.21. The van der Waals surface area contributed by atoms with E-state index in [1.54, 1.807) is 17.5 Å². The molecular formula is C29H26N2O4S. The number of carbonyl (C=O) groups is 3. The normalized spacial score (nSPS) is 11.5. The van der Waals surface area contributed by atoms with Crippen molar-refractivity contribution >= 4 is 29.1 Å². The van der Waals surface area contributed by atoms with Gasteiger partial charge in [-0.25, -0.2) is 4.79 Å². The molecule has 1 atom stereocenters. The molecule has 0 fully saturated rings. The van der Waals surface area contributed by atoms with Crippen LogP contribution in [-0.4, -0.2) is 30.4 Å². The molecule has 0 bridgehead atoms. The molecule has 6 nitrogen and oxygen atoms in total. The van der Waals surface area contributed by atoms with E-state index in [9.17, 15) is 14.4 Å². The van der Waals surface area contributed by atoms with E-state index in [4.69, 9.17) is 4.74 Å². The second-order valence-electron chi connectivity index (χ2n) is 8.12. The highest BCUT2D eigenvalue weighted by atomic mass is 32.1. The van der Waals surface area contributed by atoms with Crippen LogP contribution in [0, 0.1) is 0 Å². The fourth-order valence-electron chi connectivity index (χ4n) is 3.77. The highest BCUT2D eigenvalue weighted by Gasteiger charge is 2.25. The van der Waals surface area contributed by atoms with Crippen molar-refractivity contribution in [1.82, 2.24) is 10.6 Å². The molecule has 2 N–H and O–H groups in total. The first kappa shape index (κ1) is 24.9. The van der Waals surface area contributed by atoms with E-state index in [-0.39, 0.29) is 12.3 Å². The van der Waals surface area contributed by atoms with Gasteiger partial charge in [0.2, 0.25) is 0 Å². The molecule has 0 spiro atoms. The van der Waals surface area contributed by atoms with Gasteiger partial charge in [-0.05, 0) is 28.1 Å². The Morgan fingerprint density at radius 3 is 1.86 bits per heavy atom. The third-order valence-corrected chi connectivity index (χ3v) is 6.40. The van der Waals surface area contributed by atoms with Crippen LogP contribution in [0.5, 0.6) is 0 Å². The Kier molecular flexibility index (Phi) is 8.62. The summed E-state index contributed by atoms with van der Waals surface area (Å²) < 4.78 is 5.37. The second kappa shape index (κ2) is 12.5. The van der Waals surface area contributed by atoms with Crippen molar-refractivity contribution in [3.63, 3.8) is 0 Å². The predicted molar refractivity (Wildman–Crippen MR) is 140 cm³/mol. The fourth-order valence-corrected chi connectivity index (χ4v) is 4.40. The maximum Gasteiger partial charge on any atom is 0.329 e. The summed E-state index contributed by atoms with van der Waals surface area (Å²) in [5.41, 5.74) is 2.69. The smallest absolute Gasteiger partial charge is 0.329 e. The lowest BCUT2D eigenvalue weighted by Gasteiger charge is -2.21. The number of benzene rings is 3. The van der Waals surface area contributed by atoms with Crippen molar-refractivity contribution in [2.24, 2.45) is 0 Å². The number of thiophene rings is 1. The number of carbonyl (C=O) groups excluding carboxylic acids is 3. The summed E-state index contributed by atoms with van der Waals surface area (Å²) in [5, 5.41) is 7.50. The molecule has 0 saturated carbocycles. The summed E-state index contributed by atoms with van der Waals surface area (Å²) >= 11 is 1.28. The lowest BCUT2D eigenvalue weighted by Crippen LogP contribution is -2.44. The molecule has 0 aliphatic heterocycles. The molecule has 182 valence electrons. The van der Waals surface area contributed by atoms with E-state index in [2.05, 4.69) is 10.6 Å². The van der Waals surface area contributed by atoms with Gasteiger partial charge in [0.1, 0.15) is 6.04 Å². The molecule has 0 radical (unpaired) electrons. The topological polar surface area (TPSA) is 84.5 Å². The molecule has 1 aromatic heterocycles. The van der Waals surface area contributed by atoms with Crippen molar-refractivity contribution in [2.45, 2.75) is 18.5 Å². The first-order chi connectivity index (χ1) is 17.6. The molecule has 0 aliphatic rings. The quantitative estimate of drug-likeness (QED) is 0.315. The minimum atomic E-state index is -0.936. The molecule has 1 unspecified atom stereocenters. The third-order valence-electron chi connectivity index (χ3n) is 5.53. The van der Waals surface area contributed by atoms with E-state index < -0.39 is 30.6 Å². The molecule has 36 heavy (non-hydrogen) atoms. The summed E-state index contributed by atoms with van der Waals surface area (Å²) in [7, 11) is 0. The minimum Gasteiger partial charge on any atom is -0.454 e. The Hall–Kier alpha value is -4.23. The largest absolute Gasteiger partial charge is 0.454 e. The number of esters is 1. The van der Waals surface area contributed by atoms with Crippen LogP contribution in [-0.2, 0) is 20.7 Å². The third kappa shape index (κ3) is 6.90. The standard InChI is InChI=1S/C29H26N2O4S/c32-26(31-27(22-13-6-2-7-14-22)23-15-8-3-9-16-23)20-35-29(34)24(19-21-11-4-1-5-12-21)30-28(33)25-17-10-18-36-25/h1-18,24,27H,19-20H2,(H,30,33)(H,31,32). The first-order valence-corrected chi connectivity index (χ1v) is 12.4. The molecule has 7 heteroatoms. The Balaban J connectivity index is 1.42. The summed E-state index contributed by atoms with van der Waals surface area (Å²) in [6.45, 7) is -0.463. The average molecular weight is 499 g/mol. The number of nitrogens with one attached hydrogen (secondary N) is 2. The Morgan fingerprint density at radius 2 is 1.31 bits per heavy atom. The average Bonchev–Trinajstić information content (AvgIpc) is 3.47. The summed E-state index contributed by atoms with van der Waals surface area (Å²) in [4.78, 5) is 38.9. The second-order valence-corrected chi connectivity index (χ2v) is 9.07. The van der Waals surface area contributed by atoms with E-state index in [1.165, 1.54) is 11.3 Å². The van der Waals surface area contributed by atoms with Gasteiger partial charge in [-0.15, -0.1) is 11.3 Å². The Bertz CT molecular complexity index is 1220. The minimum absolute atomic E-state index is 0.245. The SMILES string of the molecule is O=C(COC(=O)C(Cc1ccccc1)NC(=O)c1cccs1)NC(c1ccccc1)c1ccccc1. The number of ether oxygens (including phenoxy) is 1. The van der Waals surface area contributed by atoms with Gasteiger partial charge in [-0.1, -0.05) is 97.1 Å². The van der Waals surface area contributed by atoms with Gasteiger partial charge in [0.05, 0.1) is 10.9 Å². The molecule has 1 heterocycles. The lowest BCUT2D eigenvalue weighted by atomic mass is 9.99. The Labute approximate surface area is 213 Å². The van der Waals surface area contributed by atoms with Gasteiger partial charge >= 0.3 is 5.97 Å². The van der Waals surface area contributed by atoms with Crippen molar-refractivity contribution in [1.29, 1.82) is 0 Å². The molecule has 0 saturated heterocycles. The van der Waals surface area contributed by atoms with Crippen LogP contribution < -0.4 is 10.6 Å². The van der Waals surface area contributed by atoms with Crippen molar-refractivity contribution in [2.75, 3.05) is 6.61 Å². The monoisotopic (exact) mass is 498 g/mol. The molecular weight excluding hydrogens is 472 g/mol. The van der Waals surface area contributed by atoms with Gasteiger partial charge < -0.3 is 15.4 Å². The number of rotatable bonds is 10. The van der Waals surface area contributed by atoms with Crippen LogP contribution in [0.2, 0.25) is 0 Å². The zero-order chi connectivity index (χ0) is 25.2. The number of amides is 2. The van der Waals surface area contributed by atoms with Gasteiger partial charge in [0, 0.05) is 6.42 Å². The zero-order valence-corrected chi connectivity index (χ0v) is 20.3. The predicted octanol–water partition coefficient (Wildman–Crippen LogP) is 4.54. The van der Waals surface area contributed by atoms with Crippen LogP contribution >= 0.6 is 11.3 Å². The maximum atomic E-state index is 13.0. The lowest BCUT2D eigenvalue weighted by molar-refractivity contribution is -0.150. The molecule has 4 aromatic rings. The molecule has 3 aromatic carbocycles. The summed E-state index contributed by atoms with van der Waals surface area (Å²) in [5.74, 6) is -1.47. The van der Waals surface area contributed by atoms with Crippen molar-refractivity contribution in [3.8, 4) is 0 Å². The maximum absolute atomic E-state index is 13.0. The van der Waals surface area contributed by atoms with E-state index >= 15 is 0 Å². The molecule has 4 rings (SSSR count). The van der Waals surface area contributed by atoms with Crippen LogP contribution in [0.3, 0.4) is 0 Å².